The quantitative estimate of drug-likeness (QED) is 0.412. The fraction of sp³-hybridized carbons (Fsp3) is 0.320. The van der Waals surface area contributed by atoms with Crippen molar-refractivity contribution in [2.45, 2.75) is 12.3 Å². The van der Waals surface area contributed by atoms with Gasteiger partial charge in [0.1, 0.15) is 22.0 Å². The van der Waals surface area contributed by atoms with Crippen LogP contribution in [0.25, 0.3) is 21.5 Å². The highest BCUT2D eigenvalue weighted by Crippen LogP contribution is 2.40. The highest BCUT2D eigenvalue weighted by molar-refractivity contribution is 7.18. The Morgan fingerprint density at radius 1 is 1.21 bits per heavy atom. The second-order valence-corrected chi connectivity index (χ2v) is 9.70. The number of hydrogen-bond donors (Lipinski definition) is 2. The van der Waals surface area contributed by atoms with Crippen LogP contribution in [0, 0.1) is 0 Å². The number of thiazole rings is 1. The number of methoxy groups -OCH3 is 1. The molecule has 4 aromatic rings. The topological polar surface area (TPSA) is 98.4 Å². The van der Waals surface area contributed by atoms with E-state index in [0.717, 1.165) is 68.7 Å². The van der Waals surface area contributed by atoms with Gasteiger partial charge >= 0.3 is 0 Å². The second-order valence-electron chi connectivity index (χ2n) is 8.64. The van der Waals surface area contributed by atoms with E-state index in [1.807, 2.05) is 18.2 Å². The van der Waals surface area contributed by atoms with Crippen molar-refractivity contribution in [2.75, 3.05) is 52.0 Å². The van der Waals surface area contributed by atoms with E-state index in [4.69, 9.17) is 20.2 Å². The van der Waals surface area contributed by atoms with Gasteiger partial charge in [-0.3, -0.25) is 0 Å². The van der Waals surface area contributed by atoms with Gasteiger partial charge in [0.25, 0.3) is 0 Å². The van der Waals surface area contributed by atoms with E-state index in [0.29, 0.717) is 6.61 Å². The molecule has 0 amide bonds. The molecule has 9 heteroatoms. The first-order valence-corrected chi connectivity index (χ1v) is 12.0. The summed E-state index contributed by atoms with van der Waals surface area (Å²) in [6.45, 7) is 2.33. The molecular weight excluding hydrogens is 448 g/mol. The number of anilines is 2. The number of likely N-dealkylation sites (N-methyl/N-ethyl adjacent to an activating group) is 1. The molecule has 2 aromatic carbocycles. The Morgan fingerprint density at radius 2 is 2.09 bits per heavy atom. The fourth-order valence-electron chi connectivity index (χ4n) is 4.11. The van der Waals surface area contributed by atoms with Gasteiger partial charge in [0.05, 0.1) is 29.8 Å². The van der Waals surface area contributed by atoms with Crippen LogP contribution in [0.3, 0.4) is 0 Å². The molecule has 0 saturated carbocycles. The first-order valence-electron chi connectivity index (χ1n) is 11.2. The lowest BCUT2D eigenvalue weighted by molar-refractivity contribution is 0.261. The maximum absolute atomic E-state index is 6.07. The predicted octanol–water partition coefficient (Wildman–Crippen LogP) is 4.04. The molecule has 3 N–H and O–H groups in total. The van der Waals surface area contributed by atoms with E-state index >= 15 is 0 Å². The van der Waals surface area contributed by atoms with Gasteiger partial charge in [-0.15, -0.1) is 11.3 Å². The number of ether oxygens (including phenoxy) is 2. The van der Waals surface area contributed by atoms with E-state index in [1.54, 1.807) is 24.6 Å². The Kier molecular flexibility index (Phi) is 6.21. The van der Waals surface area contributed by atoms with Crippen LogP contribution in [0.4, 0.5) is 11.6 Å². The number of fused-ring (bicyclic) bond motifs is 2. The van der Waals surface area contributed by atoms with E-state index in [9.17, 15) is 0 Å². The molecule has 1 aliphatic rings. The molecule has 2 aromatic heterocycles. The number of nitrogens with one attached hydrogen (secondary N) is 1. The minimum absolute atomic E-state index is 0.185. The van der Waals surface area contributed by atoms with Crippen LogP contribution in [0.2, 0.25) is 0 Å². The van der Waals surface area contributed by atoms with Crippen molar-refractivity contribution in [1.82, 2.24) is 19.9 Å². The van der Waals surface area contributed by atoms with Gasteiger partial charge in [-0.05, 0) is 62.5 Å². The molecule has 0 fully saturated rings. The van der Waals surface area contributed by atoms with E-state index < -0.39 is 0 Å². The summed E-state index contributed by atoms with van der Waals surface area (Å²) in [6, 6.07) is 12.1. The Bertz CT molecular complexity index is 1320. The van der Waals surface area contributed by atoms with Crippen LogP contribution in [0.1, 0.15) is 16.5 Å². The van der Waals surface area contributed by atoms with E-state index in [-0.39, 0.29) is 11.9 Å². The Morgan fingerprint density at radius 3 is 2.88 bits per heavy atom. The molecule has 1 atom stereocenters. The number of nitrogens with zero attached hydrogens (tertiary/aromatic N) is 4. The lowest BCUT2D eigenvalue weighted by Gasteiger charge is -2.24. The van der Waals surface area contributed by atoms with Crippen LogP contribution in [0.15, 0.2) is 42.6 Å². The zero-order valence-corrected chi connectivity index (χ0v) is 20.4. The van der Waals surface area contributed by atoms with Crippen LogP contribution in [-0.2, 0) is 6.42 Å². The van der Waals surface area contributed by atoms with Crippen molar-refractivity contribution in [2.24, 2.45) is 0 Å². The highest BCUT2D eigenvalue weighted by Gasteiger charge is 2.25. The Balaban J connectivity index is 1.51. The molecule has 0 radical (unpaired) electrons. The van der Waals surface area contributed by atoms with Gasteiger partial charge in [0.15, 0.2) is 0 Å². The van der Waals surface area contributed by atoms with Crippen LogP contribution < -0.4 is 20.5 Å². The summed E-state index contributed by atoms with van der Waals surface area (Å²) in [7, 11) is 5.81. The van der Waals surface area contributed by atoms with Gasteiger partial charge < -0.3 is 25.4 Å². The maximum atomic E-state index is 6.07. The molecule has 176 valence electrons. The SMILES string of the molecule is COc1ccc2c(c1)CC(c1nc3c(NCCN(C)C)cc(-c4ccnc(N)n4)cc3s1)CO2. The normalized spacial score (nSPS) is 15.2. The molecule has 0 saturated heterocycles. The highest BCUT2D eigenvalue weighted by atomic mass is 32.1. The smallest absolute Gasteiger partial charge is 0.220 e. The summed E-state index contributed by atoms with van der Waals surface area (Å²) in [4.78, 5) is 15.7. The third-order valence-electron chi connectivity index (χ3n) is 5.88. The predicted molar refractivity (Wildman–Crippen MR) is 137 cm³/mol. The molecule has 8 nitrogen and oxygen atoms in total. The van der Waals surface area contributed by atoms with Crippen LogP contribution in [0.5, 0.6) is 11.5 Å². The minimum atomic E-state index is 0.185. The summed E-state index contributed by atoms with van der Waals surface area (Å²) in [5, 5.41) is 4.64. The number of rotatable bonds is 7. The molecular formula is C25H28N6O2S. The summed E-state index contributed by atoms with van der Waals surface area (Å²) in [5.74, 6) is 2.21. The van der Waals surface area contributed by atoms with Crippen molar-refractivity contribution in [3.05, 3.63) is 53.2 Å². The summed E-state index contributed by atoms with van der Waals surface area (Å²) in [6.07, 6.45) is 2.55. The van der Waals surface area contributed by atoms with Crippen LogP contribution in [-0.4, -0.2) is 60.8 Å². The van der Waals surface area contributed by atoms with Crippen molar-refractivity contribution >= 4 is 33.2 Å². The number of nitrogen functional groups attached to an aromatic ring is 1. The summed E-state index contributed by atoms with van der Waals surface area (Å²) in [5.41, 5.74) is 10.7. The van der Waals surface area contributed by atoms with E-state index in [2.05, 4.69) is 52.5 Å². The molecule has 0 aliphatic carbocycles. The number of aromatic nitrogens is 3. The first kappa shape index (κ1) is 22.4. The van der Waals surface area contributed by atoms with Gasteiger partial charge in [-0.2, -0.15) is 0 Å². The number of benzene rings is 2. The second kappa shape index (κ2) is 9.44. The van der Waals surface area contributed by atoms with Crippen LogP contribution >= 0.6 is 11.3 Å². The van der Waals surface area contributed by atoms with Crippen molar-refractivity contribution in [3.8, 4) is 22.8 Å². The average Bonchev–Trinajstić information content (AvgIpc) is 3.27. The van der Waals surface area contributed by atoms with Crippen molar-refractivity contribution in [3.63, 3.8) is 0 Å². The third-order valence-corrected chi connectivity index (χ3v) is 7.04. The first-order chi connectivity index (χ1) is 16.5. The fourth-order valence-corrected chi connectivity index (χ4v) is 5.23. The third kappa shape index (κ3) is 4.62. The largest absolute Gasteiger partial charge is 0.497 e. The van der Waals surface area contributed by atoms with Gasteiger partial charge in [0.2, 0.25) is 5.95 Å². The van der Waals surface area contributed by atoms with Crippen molar-refractivity contribution < 1.29 is 9.47 Å². The number of nitrogens with two attached hydrogens (primary N) is 1. The molecule has 3 heterocycles. The lowest BCUT2D eigenvalue weighted by atomic mass is 9.97. The molecule has 0 bridgehead atoms. The Labute approximate surface area is 202 Å². The summed E-state index contributed by atoms with van der Waals surface area (Å²) < 4.78 is 12.6. The van der Waals surface area contributed by atoms with Crippen molar-refractivity contribution in [1.29, 1.82) is 0 Å². The van der Waals surface area contributed by atoms with Gasteiger partial charge in [-0.1, -0.05) is 0 Å². The zero-order chi connectivity index (χ0) is 23.7. The Hall–Kier alpha value is -3.43. The maximum Gasteiger partial charge on any atom is 0.220 e. The monoisotopic (exact) mass is 476 g/mol. The summed E-state index contributed by atoms with van der Waals surface area (Å²) >= 11 is 1.71. The van der Waals surface area contributed by atoms with E-state index in [1.165, 1.54) is 0 Å². The minimum Gasteiger partial charge on any atom is -0.497 e. The average molecular weight is 477 g/mol. The van der Waals surface area contributed by atoms with Gasteiger partial charge in [0, 0.05) is 30.8 Å². The molecule has 1 unspecified atom stereocenters. The molecule has 34 heavy (non-hydrogen) atoms. The molecule has 5 rings (SSSR count). The van der Waals surface area contributed by atoms with Gasteiger partial charge in [-0.25, -0.2) is 15.0 Å². The standard InChI is InChI=1S/C25H28N6O2S/c1-31(2)9-8-27-20-12-15(19-6-7-28-25(26)29-19)13-22-23(20)30-24(34-22)17-10-16-11-18(32-3)4-5-21(16)33-14-17/h4-7,11-13,17,27H,8-10,14H2,1-3H3,(H2,26,28,29). The number of hydrogen-bond acceptors (Lipinski definition) is 9. The lowest BCUT2D eigenvalue weighted by Crippen LogP contribution is -2.21. The molecule has 0 spiro atoms. The molecule has 1 aliphatic heterocycles. The zero-order valence-electron chi connectivity index (χ0n) is 19.5.